The highest BCUT2D eigenvalue weighted by atomic mass is 32.2. The third-order valence-corrected chi connectivity index (χ3v) is 7.21. The van der Waals surface area contributed by atoms with Crippen molar-refractivity contribution in [1.82, 2.24) is 14.1 Å². The predicted octanol–water partition coefficient (Wildman–Crippen LogP) is 4.24. The van der Waals surface area contributed by atoms with Gasteiger partial charge in [-0.15, -0.1) is 0 Å². The van der Waals surface area contributed by atoms with Gasteiger partial charge in [0.15, 0.2) is 11.6 Å². The van der Waals surface area contributed by atoms with E-state index in [0.29, 0.717) is 42.9 Å². The number of aryl methyl sites for hydroxylation is 1. The van der Waals surface area contributed by atoms with E-state index in [1.165, 1.54) is 15.2 Å². The van der Waals surface area contributed by atoms with Gasteiger partial charge < -0.3 is 5.11 Å². The first-order valence-electron chi connectivity index (χ1n) is 9.88. The molecule has 0 bridgehead atoms. The number of aromatic hydroxyl groups is 1. The van der Waals surface area contributed by atoms with Crippen molar-refractivity contribution in [2.45, 2.75) is 24.9 Å². The first-order chi connectivity index (χ1) is 14.9. The largest absolute Gasteiger partial charge is 0.505 e. The van der Waals surface area contributed by atoms with Crippen molar-refractivity contribution >= 4 is 20.9 Å². The molecule has 2 aromatic carbocycles. The molecule has 1 aromatic heterocycles. The van der Waals surface area contributed by atoms with Crippen LogP contribution >= 0.6 is 0 Å². The lowest BCUT2D eigenvalue weighted by Crippen LogP contribution is -2.37. The van der Waals surface area contributed by atoms with Crippen LogP contribution in [0.4, 0.5) is 17.6 Å². The lowest BCUT2D eigenvalue weighted by molar-refractivity contribution is -0.140. The second kappa shape index (κ2) is 7.73. The average molecular weight is 471 g/mol. The van der Waals surface area contributed by atoms with Crippen LogP contribution in [-0.2, 0) is 23.2 Å². The maximum atomic E-state index is 13.8. The Bertz CT molecular complexity index is 1290. The smallest absolute Gasteiger partial charge is 0.419 e. The van der Waals surface area contributed by atoms with Crippen molar-refractivity contribution in [3.63, 3.8) is 0 Å². The van der Waals surface area contributed by atoms with E-state index in [-0.39, 0.29) is 17.2 Å². The Morgan fingerprint density at radius 1 is 1.12 bits per heavy atom. The second-order valence-corrected chi connectivity index (χ2v) is 10.0. The van der Waals surface area contributed by atoms with Crippen molar-refractivity contribution in [2.75, 3.05) is 19.3 Å². The molecule has 0 saturated carbocycles. The number of halogens is 4. The van der Waals surface area contributed by atoms with E-state index in [4.69, 9.17) is 0 Å². The lowest BCUT2D eigenvalue weighted by atomic mass is 9.89. The van der Waals surface area contributed by atoms with Gasteiger partial charge in [0, 0.05) is 31.1 Å². The van der Waals surface area contributed by atoms with Gasteiger partial charge in [0.25, 0.3) is 0 Å². The number of hydrogen-bond donors (Lipinski definition) is 1. The number of hydrogen-bond acceptors (Lipinski definition) is 4. The zero-order valence-corrected chi connectivity index (χ0v) is 18.1. The van der Waals surface area contributed by atoms with Gasteiger partial charge >= 0.3 is 6.18 Å². The molecule has 0 radical (unpaired) electrons. The summed E-state index contributed by atoms with van der Waals surface area (Å²) in [5.41, 5.74) is 0.247. The van der Waals surface area contributed by atoms with Crippen LogP contribution in [0.2, 0.25) is 0 Å². The maximum absolute atomic E-state index is 13.8. The SMILES string of the molecule is Cn1nc(-c2cc(O)c(F)c(C(F)(F)F)c2)c2ccc(C3CCN(S(C)(=O)=O)CC3)cc21. The summed E-state index contributed by atoms with van der Waals surface area (Å²) < 4.78 is 79.8. The molecule has 1 aliphatic heterocycles. The van der Waals surface area contributed by atoms with Crippen LogP contribution in [-0.4, -0.2) is 47.0 Å². The zero-order valence-electron chi connectivity index (χ0n) is 17.3. The van der Waals surface area contributed by atoms with Crippen LogP contribution in [0.1, 0.15) is 29.9 Å². The quantitative estimate of drug-likeness (QED) is 0.580. The number of piperidine rings is 1. The fourth-order valence-electron chi connectivity index (χ4n) is 4.21. The summed E-state index contributed by atoms with van der Waals surface area (Å²) in [6.07, 6.45) is -2.46. The highest BCUT2D eigenvalue weighted by molar-refractivity contribution is 7.88. The van der Waals surface area contributed by atoms with Gasteiger partial charge in [-0.25, -0.2) is 17.1 Å². The number of alkyl halides is 3. The molecule has 1 saturated heterocycles. The second-order valence-electron chi connectivity index (χ2n) is 8.04. The van der Waals surface area contributed by atoms with Crippen LogP contribution in [0, 0.1) is 5.82 Å². The molecule has 11 heteroatoms. The third kappa shape index (κ3) is 4.06. The van der Waals surface area contributed by atoms with Crippen molar-refractivity contribution < 1.29 is 31.1 Å². The molecule has 1 N–H and O–H groups in total. The summed E-state index contributed by atoms with van der Waals surface area (Å²) in [6, 6.07) is 7.05. The van der Waals surface area contributed by atoms with E-state index < -0.39 is 33.3 Å². The molecule has 3 aromatic rings. The molecule has 0 unspecified atom stereocenters. The van der Waals surface area contributed by atoms with E-state index in [1.54, 1.807) is 13.1 Å². The summed E-state index contributed by atoms with van der Waals surface area (Å²) >= 11 is 0. The Morgan fingerprint density at radius 3 is 2.38 bits per heavy atom. The Hall–Kier alpha value is -2.66. The molecule has 0 atom stereocenters. The highest BCUT2D eigenvalue weighted by Crippen LogP contribution is 2.40. The molecule has 172 valence electrons. The zero-order chi connectivity index (χ0) is 23.4. The third-order valence-electron chi connectivity index (χ3n) is 5.90. The lowest BCUT2D eigenvalue weighted by Gasteiger charge is -2.30. The Labute approximate surface area is 182 Å². The summed E-state index contributed by atoms with van der Waals surface area (Å²) in [4.78, 5) is 0. The maximum Gasteiger partial charge on any atom is 0.419 e. The molecule has 32 heavy (non-hydrogen) atoms. The average Bonchev–Trinajstić information content (AvgIpc) is 3.04. The topological polar surface area (TPSA) is 75.4 Å². The molecule has 6 nitrogen and oxygen atoms in total. The van der Waals surface area contributed by atoms with E-state index in [1.807, 2.05) is 12.1 Å². The minimum atomic E-state index is -4.96. The summed E-state index contributed by atoms with van der Waals surface area (Å²) in [5.74, 6) is -2.67. The van der Waals surface area contributed by atoms with Crippen molar-refractivity contribution in [2.24, 2.45) is 7.05 Å². The van der Waals surface area contributed by atoms with Crippen LogP contribution < -0.4 is 0 Å². The summed E-state index contributed by atoms with van der Waals surface area (Å²) in [5, 5.41) is 14.6. The molecule has 1 fully saturated rings. The van der Waals surface area contributed by atoms with Gasteiger partial charge in [-0.2, -0.15) is 18.3 Å². The van der Waals surface area contributed by atoms with Crippen molar-refractivity contribution in [3.05, 3.63) is 47.3 Å². The first-order valence-corrected chi connectivity index (χ1v) is 11.7. The number of phenolic OH excluding ortho intramolecular Hbond substituents is 1. The number of benzene rings is 2. The fraction of sp³-hybridized carbons (Fsp3) is 0.381. The highest BCUT2D eigenvalue weighted by Gasteiger charge is 2.36. The number of sulfonamides is 1. The van der Waals surface area contributed by atoms with E-state index >= 15 is 0 Å². The van der Waals surface area contributed by atoms with Gasteiger partial charge in [-0.3, -0.25) is 4.68 Å². The molecule has 0 aliphatic carbocycles. The molecule has 0 amide bonds. The van der Waals surface area contributed by atoms with Crippen molar-refractivity contribution in [3.8, 4) is 17.0 Å². The Balaban J connectivity index is 1.71. The summed E-state index contributed by atoms with van der Waals surface area (Å²) in [6.45, 7) is 0.848. The number of phenols is 1. The van der Waals surface area contributed by atoms with Crippen molar-refractivity contribution in [1.29, 1.82) is 0 Å². The van der Waals surface area contributed by atoms with Gasteiger partial charge in [0.05, 0.1) is 17.3 Å². The fourth-order valence-corrected chi connectivity index (χ4v) is 5.09. The Morgan fingerprint density at radius 2 is 1.78 bits per heavy atom. The van der Waals surface area contributed by atoms with Gasteiger partial charge in [-0.05, 0) is 42.5 Å². The standard InChI is InChI=1S/C21H21F4N3O3S/c1-27-17-10-13(12-5-7-28(8-6-12)32(2,30)31)3-4-15(17)20(26-27)14-9-16(21(23,24)25)19(22)18(29)11-14/h3-4,9-12,29H,5-8H2,1-2H3. The van der Waals surface area contributed by atoms with Crippen LogP contribution in [0.15, 0.2) is 30.3 Å². The number of nitrogens with zero attached hydrogens (tertiary/aromatic N) is 3. The van der Waals surface area contributed by atoms with E-state index in [0.717, 1.165) is 11.6 Å². The molecule has 4 rings (SSSR count). The van der Waals surface area contributed by atoms with Crippen LogP contribution in [0.3, 0.4) is 0 Å². The Kier molecular flexibility index (Phi) is 5.44. The van der Waals surface area contributed by atoms with Gasteiger partial charge in [0.2, 0.25) is 10.0 Å². The first kappa shape index (κ1) is 22.5. The van der Waals surface area contributed by atoms with E-state index in [2.05, 4.69) is 5.10 Å². The minimum Gasteiger partial charge on any atom is -0.505 e. The molecule has 2 heterocycles. The monoisotopic (exact) mass is 471 g/mol. The normalized spacial score (nSPS) is 16.7. The van der Waals surface area contributed by atoms with Gasteiger partial charge in [-0.1, -0.05) is 12.1 Å². The van der Waals surface area contributed by atoms with Gasteiger partial charge in [0.1, 0.15) is 5.69 Å². The molecular formula is C21H21F4N3O3S. The summed E-state index contributed by atoms with van der Waals surface area (Å²) in [7, 11) is -1.58. The predicted molar refractivity (Wildman–Crippen MR) is 111 cm³/mol. The number of fused-ring (bicyclic) bond motifs is 1. The van der Waals surface area contributed by atoms with Crippen LogP contribution in [0.25, 0.3) is 22.2 Å². The number of rotatable bonds is 3. The number of aromatic nitrogens is 2. The molecule has 0 spiro atoms. The van der Waals surface area contributed by atoms with Crippen LogP contribution in [0.5, 0.6) is 5.75 Å². The molecular weight excluding hydrogens is 450 g/mol. The minimum absolute atomic E-state index is 0.0453. The van der Waals surface area contributed by atoms with E-state index in [9.17, 15) is 31.1 Å². The molecule has 1 aliphatic rings.